The van der Waals surface area contributed by atoms with Crippen LogP contribution in [0.5, 0.6) is 0 Å². The highest BCUT2D eigenvalue weighted by atomic mass is 79.9. The van der Waals surface area contributed by atoms with Gasteiger partial charge < -0.3 is 0 Å². The first-order valence-electron chi connectivity index (χ1n) is 7.69. The molecule has 0 aliphatic carbocycles. The second kappa shape index (κ2) is 7.13. The predicted molar refractivity (Wildman–Crippen MR) is 96.3 cm³/mol. The Morgan fingerprint density at radius 1 is 1.00 bits per heavy atom. The van der Waals surface area contributed by atoms with Crippen LogP contribution >= 0.6 is 15.9 Å². The van der Waals surface area contributed by atoms with Gasteiger partial charge in [0, 0.05) is 18.1 Å². The Balaban J connectivity index is 2.28. The van der Waals surface area contributed by atoms with Gasteiger partial charge in [-0.05, 0) is 42.7 Å². The summed E-state index contributed by atoms with van der Waals surface area (Å²) < 4.78 is 15.9. The third-order valence-electron chi connectivity index (χ3n) is 3.91. The average molecular weight is 391 g/mol. The molecule has 4 nitrogen and oxygen atoms in total. The molecule has 1 aromatic carbocycles. The lowest BCUT2D eigenvalue weighted by Crippen LogP contribution is -2.38. The number of nitrogens with zero attached hydrogens (tertiary/aromatic N) is 2. The van der Waals surface area contributed by atoms with Gasteiger partial charge in [0.1, 0.15) is 5.82 Å². The maximum Gasteiger partial charge on any atom is 0.335 e. The summed E-state index contributed by atoms with van der Waals surface area (Å²) in [5.74, 6) is -0.367. The van der Waals surface area contributed by atoms with Gasteiger partial charge in [0.15, 0.2) is 0 Å². The minimum atomic E-state index is -0.367. The summed E-state index contributed by atoms with van der Waals surface area (Å²) in [5, 5.41) is 0.821. The average Bonchev–Trinajstić information content (AvgIpc) is 2.60. The molecule has 3 aromatic rings. The summed E-state index contributed by atoms with van der Waals surface area (Å²) >= 11 is 3.35. The maximum atomic E-state index is 13.2. The molecule has 0 aliphatic rings. The van der Waals surface area contributed by atoms with Gasteiger partial charge in [-0.1, -0.05) is 34.1 Å². The monoisotopic (exact) mass is 390 g/mol. The van der Waals surface area contributed by atoms with Gasteiger partial charge in [0.25, 0.3) is 5.56 Å². The fraction of sp³-hybridized carbons (Fsp3) is 0.222. The van der Waals surface area contributed by atoms with Crippen molar-refractivity contribution in [2.24, 2.45) is 0 Å². The summed E-state index contributed by atoms with van der Waals surface area (Å²) in [4.78, 5) is 25.6. The smallest absolute Gasteiger partial charge is 0.269 e. The lowest BCUT2D eigenvalue weighted by molar-refractivity contribution is 0.582. The first-order valence-corrected chi connectivity index (χ1v) is 8.81. The molecular weight excluding hydrogens is 375 g/mol. The van der Waals surface area contributed by atoms with Gasteiger partial charge >= 0.3 is 5.69 Å². The third kappa shape index (κ3) is 3.06. The molecule has 0 amide bonds. The van der Waals surface area contributed by atoms with E-state index in [1.807, 2.05) is 0 Å². The van der Waals surface area contributed by atoms with Crippen LogP contribution in [0.3, 0.4) is 0 Å². The molecule has 0 saturated carbocycles. The molecule has 0 unspecified atom stereocenters. The van der Waals surface area contributed by atoms with Gasteiger partial charge in [-0.25, -0.2) is 9.18 Å². The molecule has 2 heterocycles. The summed E-state index contributed by atoms with van der Waals surface area (Å²) in [7, 11) is 0. The minimum absolute atomic E-state index is 0.340. The van der Waals surface area contributed by atoms with Gasteiger partial charge in [0.05, 0.1) is 11.1 Å². The number of hydrogen-bond donors (Lipinski definition) is 0. The van der Waals surface area contributed by atoms with E-state index in [0.717, 1.165) is 18.2 Å². The molecular formula is C18H16BrFN2O2. The topological polar surface area (TPSA) is 43.5 Å². The zero-order valence-corrected chi connectivity index (χ0v) is 14.5. The molecule has 0 fully saturated rings. The lowest BCUT2D eigenvalue weighted by Gasteiger charge is -2.12. The van der Waals surface area contributed by atoms with E-state index in [1.54, 1.807) is 36.5 Å². The van der Waals surface area contributed by atoms with Crippen molar-refractivity contribution < 1.29 is 4.39 Å². The van der Waals surface area contributed by atoms with Crippen molar-refractivity contribution in [3.63, 3.8) is 0 Å². The molecule has 0 atom stereocenters. The summed E-state index contributed by atoms with van der Waals surface area (Å²) in [6.07, 6.45) is 3.24. The fourth-order valence-electron chi connectivity index (χ4n) is 2.72. The van der Waals surface area contributed by atoms with Crippen molar-refractivity contribution in [2.75, 3.05) is 5.33 Å². The standard InChI is InChI=1S/C18H16BrFN2O2/c19-10-2-4-12-22-17(23)16(13-6-8-14(20)9-7-13)15-5-1-3-11-21(15)18(22)24/h1,3,5-9,11H,2,4,10,12H2. The van der Waals surface area contributed by atoms with E-state index < -0.39 is 0 Å². The minimum Gasteiger partial charge on any atom is -0.269 e. The summed E-state index contributed by atoms with van der Waals surface area (Å²) in [5.41, 5.74) is 0.840. The van der Waals surface area contributed by atoms with E-state index in [1.165, 1.54) is 21.1 Å². The Kier molecular flexibility index (Phi) is 4.94. The SMILES string of the molecule is O=c1c(-c2ccc(F)cc2)c2ccccn2c(=O)n1CCCCBr. The Morgan fingerprint density at radius 3 is 2.46 bits per heavy atom. The lowest BCUT2D eigenvalue weighted by atomic mass is 10.1. The van der Waals surface area contributed by atoms with E-state index >= 15 is 0 Å². The van der Waals surface area contributed by atoms with Gasteiger partial charge in [-0.2, -0.15) is 0 Å². The Hall–Kier alpha value is -2.21. The number of fused-ring (bicyclic) bond motifs is 1. The maximum absolute atomic E-state index is 13.2. The number of halogens is 2. The van der Waals surface area contributed by atoms with Crippen molar-refractivity contribution in [3.8, 4) is 11.1 Å². The van der Waals surface area contributed by atoms with Crippen LogP contribution in [0.4, 0.5) is 4.39 Å². The van der Waals surface area contributed by atoms with Crippen LogP contribution in [0.25, 0.3) is 16.6 Å². The highest BCUT2D eigenvalue weighted by molar-refractivity contribution is 9.09. The molecule has 0 radical (unpaired) electrons. The van der Waals surface area contributed by atoms with E-state index in [0.29, 0.717) is 23.2 Å². The van der Waals surface area contributed by atoms with Crippen LogP contribution in [0.1, 0.15) is 12.8 Å². The Labute approximate surface area is 146 Å². The van der Waals surface area contributed by atoms with Crippen molar-refractivity contribution in [3.05, 3.63) is 75.3 Å². The van der Waals surface area contributed by atoms with Gasteiger partial charge in [-0.3, -0.25) is 13.8 Å². The molecule has 3 rings (SSSR count). The van der Waals surface area contributed by atoms with Crippen molar-refractivity contribution in [2.45, 2.75) is 19.4 Å². The van der Waals surface area contributed by atoms with Crippen molar-refractivity contribution >= 4 is 21.4 Å². The van der Waals surface area contributed by atoms with Crippen LogP contribution in [0, 0.1) is 5.82 Å². The molecule has 24 heavy (non-hydrogen) atoms. The number of pyridine rings is 1. The number of rotatable bonds is 5. The van der Waals surface area contributed by atoms with E-state index in [2.05, 4.69) is 15.9 Å². The molecule has 0 bridgehead atoms. The van der Waals surface area contributed by atoms with E-state index in [-0.39, 0.29) is 17.1 Å². The van der Waals surface area contributed by atoms with Crippen LogP contribution in [-0.4, -0.2) is 14.3 Å². The fourth-order valence-corrected chi connectivity index (χ4v) is 3.12. The highest BCUT2D eigenvalue weighted by Gasteiger charge is 2.15. The van der Waals surface area contributed by atoms with Crippen LogP contribution in [-0.2, 0) is 6.54 Å². The molecule has 0 aliphatic heterocycles. The molecule has 0 N–H and O–H groups in total. The Morgan fingerprint density at radius 2 is 1.75 bits per heavy atom. The van der Waals surface area contributed by atoms with E-state index in [9.17, 15) is 14.0 Å². The Bertz CT molecular complexity index is 977. The zero-order valence-electron chi connectivity index (χ0n) is 12.9. The van der Waals surface area contributed by atoms with Crippen LogP contribution < -0.4 is 11.2 Å². The second-order valence-corrected chi connectivity index (χ2v) is 6.27. The first-order chi connectivity index (χ1) is 11.6. The van der Waals surface area contributed by atoms with Gasteiger partial charge in [-0.15, -0.1) is 0 Å². The molecule has 6 heteroatoms. The largest absolute Gasteiger partial charge is 0.335 e. The quantitative estimate of drug-likeness (QED) is 0.494. The summed E-state index contributed by atoms with van der Waals surface area (Å²) in [6, 6.07) is 11.0. The number of unbranched alkanes of at least 4 members (excludes halogenated alkanes) is 1. The second-order valence-electron chi connectivity index (χ2n) is 5.47. The number of hydrogen-bond acceptors (Lipinski definition) is 2. The normalized spacial score (nSPS) is 11.1. The van der Waals surface area contributed by atoms with E-state index in [4.69, 9.17) is 0 Å². The molecule has 0 spiro atoms. The number of alkyl halides is 1. The molecule has 124 valence electrons. The third-order valence-corrected chi connectivity index (χ3v) is 4.47. The van der Waals surface area contributed by atoms with Crippen molar-refractivity contribution in [1.82, 2.24) is 8.97 Å². The predicted octanol–water partition coefficient (Wildman–Crippen LogP) is 3.44. The first kappa shape index (κ1) is 16.6. The molecule has 2 aromatic heterocycles. The zero-order chi connectivity index (χ0) is 17.1. The summed E-state index contributed by atoms with van der Waals surface area (Å²) in [6.45, 7) is 0.356. The highest BCUT2D eigenvalue weighted by Crippen LogP contribution is 2.20. The number of aromatic nitrogens is 2. The number of benzene rings is 1. The van der Waals surface area contributed by atoms with Crippen molar-refractivity contribution in [1.29, 1.82) is 0 Å². The molecule has 0 saturated heterocycles. The van der Waals surface area contributed by atoms with Crippen LogP contribution in [0.15, 0.2) is 58.3 Å². The van der Waals surface area contributed by atoms with Crippen LogP contribution in [0.2, 0.25) is 0 Å². The van der Waals surface area contributed by atoms with Gasteiger partial charge in [0.2, 0.25) is 0 Å².